The zero-order chi connectivity index (χ0) is 11.4. The molecular formula is C14H22N2. The third-order valence-corrected chi connectivity index (χ3v) is 3.44. The molecule has 1 atom stereocenters. The van der Waals surface area contributed by atoms with Gasteiger partial charge in [-0.25, -0.2) is 0 Å². The van der Waals surface area contributed by atoms with Crippen LogP contribution in [0.15, 0.2) is 18.5 Å². The normalized spacial score (nSPS) is 21.5. The highest BCUT2D eigenvalue weighted by molar-refractivity contribution is 5.21. The molecule has 0 unspecified atom stereocenters. The van der Waals surface area contributed by atoms with Crippen LogP contribution in [0.4, 0.5) is 0 Å². The van der Waals surface area contributed by atoms with Crippen molar-refractivity contribution >= 4 is 0 Å². The SMILES string of the molecule is CCCCN1CCC[C@@H]1c1cncc(C)c1. The van der Waals surface area contributed by atoms with Gasteiger partial charge in [-0.2, -0.15) is 0 Å². The summed E-state index contributed by atoms with van der Waals surface area (Å²) in [7, 11) is 0. The lowest BCUT2D eigenvalue weighted by molar-refractivity contribution is 0.253. The van der Waals surface area contributed by atoms with E-state index in [1.54, 1.807) is 0 Å². The van der Waals surface area contributed by atoms with Crippen LogP contribution in [0.3, 0.4) is 0 Å². The molecule has 0 aromatic carbocycles. The summed E-state index contributed by atoms with van der Waals surface area (Å²) in [6.07, 6.45) is 9.22. The van der Waals surface area contributed by atoms with E-state index >= 15 is 0 Å². The Labute approximate surface area is 98.7 Å². The number of nitrogens with zero attached hydrogens (tertiary/aromatic N) is 2. The van der Waals surface area contributed by atoms with Gasteiger partial charge in [0.1, 0.15) is 0 Å². The summed E-state index contributed by atoms with van der Waals surface area (Å²) in [5.74, 6) is 0. The maximum Gasteiger partial charge on any atom is 0.0363 e. The van der Waals surface area contributed by atoms with Crippen LogP contribution in [0, 0.1) is 6.92 Å². The molecule has 2 rings (SSSR count). The van der Waals surface area contributed by atoms with Crippen molar-refractivity contribution in [3.8, 4) is 0 Å². The summed E-state index contributed by atoms with van der Waals surface area (Å²) in [6, 6.07) is 2.92. The standard InChI is InChI=1S/C14H22N2/c1-3-4-7-16-8-5-6-14(16)13-9-12(2)10-15-11-13/h9-11,14H,3-8H2,1-2H3/t14-/m1/s1. The fourth-order valence-corrected chi connectivity index (χ4v) is 2.59. The predicted octanol–water partition coefficient (Wildman–Crippen LogP) is 3.33. The van der Waals surface area contributed by atoms with Crippen molar-refractivity contribution in [2.75, 3.05) is 13.1 Å². The molecule has 1 aliphatic rings. The van der Waals surface area contributed by atoms with Crippen molar-refractivity contribution in [3.63, 3.8) is 0 Å². The Balaban J connectivity index is 2.07. The molecule has 1 saturated heterocycles. The lowest BCUT2D eigenvalue weighted by atomic mass is 10.1. The van der Waals surface area contributed by atoms with Crippen LogP contribution in [0.5, 0.6) is 0 Å². The number of hydrogen-bond acceptors (Lipinski definition) is 2. The van der Waals surface area contributed by atoms with Gasteiger partial charge in [0.15, 0.2) is 0 Å². The van der Waals surface area contributed by atoms with E-state index in [0.717, 1.165) is 0 Å². The smallest absolute Gasteiger partial charge is 0.0363 e. The molecule has 1 aromatic heterocycles. The molecule has 1 aromatic rings. The Morgan fingerprint density at radius 2 is 2.31 bits per heavy atom. The zero-order valence-corrected chi connectivity index (χ0v) is 10.4. The van der Waals surface area contributed by atoms with E-state index in [1.807, 2.05) is 12.4 Å². The maximum absolute atomic E-state index is 4.32. The van der Waals surface area contributed by atoms with E-state index in [0.29, 0.717) is 6.04 Å². The number of pyridine rings is 1. The van der Waals surface area contributed by atoms with Crippen LogP contribution >= 0.6 is 0 Å². The van der Waals surface area contributed by atoms with E-state index < -0.39 is 0 Å². The van der Waals surface area contributed by atoms with Gasteiger partial charge in [0.25, 0.3) is 0 Å². The second kappa shape index (κ2) is 5.44. The third kappa shape index (κ3) is 2.62. The molecule has 16 heavy (non-hydrogen) atoms. The van der Waals surface area contributed by atoms with Crippen LogP contribution in [0.2, 0.25) is 0 Å². The van der Waals surface area contributed by atoms with E-state index in [4.69, 9.17) is 0 Å². The molecule has 0 N–H and O–H groups in total. The number of likely N-dealkylation sites (tertiary alicyclic amines) is 1. The van der Waals surface area contributed by atoms with Crippen LogP contribution in [0.25, 0.3) is 0 Å². The molecule has 0 bridgehead atoms. The molecule has 2 heterocycles. The van der Waals surface area contributed by atoms with Gasteiger partial charge in [-0.1, -0.05) is 19.4 Å². The first-order valence-corrected chi connectivity index (χ1v) is 6.47. The fourth-order valence-electron chi connectivity index (χ4n) is 2.59. The first-order chi connectivity index (χ1) is 7.81. The number of aromatic nitrogens is 1. The Bertz CT molecular complexity index is 335. The van der Waals surface area contributed by atoms with Gasteiger partial charge in [0.05, 0.1) is 0 Å². The van der Waals surface area contributed by atoms with Crippen molar-refractivity contribution in [1.29, 1.82) is 0 Å². The number of aryl methyl sites for hydroxylation is 1. The van der Waals surface area contributed by atoms with E-state index in [1.165, 1.54) is 49.9 Å². The summed E-state index contributed by atoms with van der Waals surface area (Å²) < 4.78 is 0. The number of hydrogen-bond donors (Lipinski definition) is 0. The quantitative estimate of drug-likeness (QED) is 0.770. The summed E-state index contributed by atoms with van der Waals surface area (Å²) in [6.45, 7) is 6.90. The van der Waals surface area contributed by atoms with Gasteiger partial charge in [0.2, 0.25) is 0 Å². The molecule has 0 radical (unpaired) electrons. The molecule has 0 aliphatic carbocycles. The van der Waals surface area contributed by atoms with Crippen molar-refractivity contribution < 1.29 is 0 Å². The summed E-state index contributed by atoms with van der Waals surface area (Å²) >= 11 is 0. The summed E-state index contributed by atoms with van der Waals surface area (Å²) in [4.78, 5) is 6.94. The molecule has 1 aliphatic heterocycles. The van der Waals surface area contributed by atoms with Gasteiger partial charge in [0, 0.05) is 18.4 Å². The van der Waals surface area contributed by atoms with Crippen molar-refractivity contribution in [1.82, 2.24) is 9.88 Å². The van der Waals surface area contributed by atoms with Crippen LogP contribution in [0.1, 0.15) is 49.8 Å². The van der Waals surface area contributed by atoms with Gasteiger partial charge in [-0.15, -0.1) is 0 Å². The van der Waals surface area contributed by atoms with E-state index in [2.05, 4.69) is 29.8 Å². The highest BCUT2D eigenvalue weighted by Crippen LogP contribution is 2.31. The van der Waals surface area contributed by atoms with Gasteiger partial charge >= 0.3 is 0 Å². The summed E-state index contributed by atoms with van der Waals surface area (Å²) in [5.41, 5.74) is 2.69. The minimum absolute atomic E-state index is 0.624. The van der Waals surface area contributed by atoms with Crippen LogP contribution in [-0.4, -0.2) is 23.0 Å². The molecule has 0 spiro atoms. The maximum atomic E-state index is 4.32. The predicted molar refractivity (Wildman–Crippen MR) is 67.4 cm³/mol. The Hall–Kier alpha value is -0.890. The molecular weight excluding hydrogens is 196 g/mol. The van der Waals surface area contributed by atoms with E-state index in [9.17, 15) is 0 Å². The van der Waals surface area contributed by atoms with Gasteiger partial charge in [-0.05, 0) is 50.4 Å². The first kappa shape index (κ1) is 11.6. The minimum Gasteiger partial charge on any atom is -0.296 e. The largest absolute Gasteiger partial charge is 0.296 e. The third-order valence-electron chi connectivity index (χ3n) is 3.44. The monoisotopic (exact) mass is 218 g/mol. The molecule has 0 saturated carbocycles. The molecule has 88 valence electrons. The average Bonchev–Trinajstić information content (AvgIpc) is 2.74. The topological polar surface area (TPSA) is 16.1 Å². The molecule has 1 fully saturated rings. The lowest BCUT2D eigenvalue weighted by Gasteiger charge is -2.24. The Kier molecular flexibility index (Phi) is 3.94. The lowest BCUT2D eigenvalue weighted by Crippen LogP contribution is -2.24. The molecule has 2 heteroatoms. The minimum atomic E-state index is 0.624. The van der Waals surface area contributed by atoms with Crippen LogP contribution < -0.4 is 0 Å². The van der Waals surface area contributed by atoms with Gasteiger partial charge < -0.3 is 0 Å². The highest BCUT2D eigenvalue weighted by atomic mass is 15.2. The average molecular weight is 218 g/mol. The zero-order valence-electron chi connectivity index (χ0n) is 10.4. The Morgan fingerprint density at radius 1 is 1.44 bits per heavy atom. The van der Waals surface area contributed by atoms with E-state index in [-0.39, 0.29) is 0 Å². The number of unbranched alkanes of at least 4 members (excludes halogenated alkanes) is 1. The van der Waals surface area contributed by atoms with Crippen molar-refractivity contribution in [2.45, 2.75) is 45.6 Å². The first-order valence-electron chi connectivity index (χ1n) is 6.47. The van der Waals surface area contributed by atoms with Crippen molar-refractivity contribution in [2.24, 2.45) is 0 Å². The van der Waals surface area contributed by atoms with Gasteiger partial charge in [-0.3, -0.25) is 9.88 Å². The second-order valence-corrected chi connectivity index (χ2v) is 4.84. The highest BCUT2D eigenvalue weighted by Gasteiger charge is 2.25. The molecule has 2 nitrogen and oxygen atoms in total. The fraction of sp³-hybridized carbons (Fsp3) is 0.643. The summed E-state index contributed by atoms with van der Waals surface area (Å²) in [5, 5.41) is 0. The second-order valence-electron chi connectivity index (χ2n) is 4.84. The van der Waals surface area contributed by atoms with Crippen LogP contribution in [-0.2, 0) is 0 Å². The number of rotatable bonds is 4. The molecule has 0 amide bonds. The van der Waals surface area contributed by atoms with Crippen molar-refractivity contribution in [3.05, 3.63) is 29.6 Å². The Morgan fingerprint density at radius 3 is 3.06 bits per heavy atom.